The van der Waals surface area contributed by atoms with E-state index in [2.05, 4.69) is 5.32 Å². The first-order valence-electron chi connectivity index (χ1n) is 5.88. The molecule has 1 atom stereocenters. The zero-order chi connectivity index (χ0) is 14.6. The molecule has 0 aliphatic carbocycles. The van der Waals surface area contributed by atoms with Gasteiger partial charge in [-0.15, -0.1) is 0 Å². The van der Waals surface area contributed by atoms with Crippen molar-refractivity contribution in [2.75, 3.05) is 0 Å². The van der Waals surface area contributed by atoms with Gasteiger partial charge >= 0.3 is 5.97 Å². The number of carbonyl (C=O) groups excluding carboxylic acids is 1. The maximum absolute atomic E-state index is 12.0. The summed E-state index contributed by atoms with van der Waals surface area (Å²) in [6.07, 6.45) is 0.859. The van der Waals surface area contributed by atoms with Gasteiger partial charge in [-0.3, -0.25) is 4.79 Å². The molecule has 1 aromatic rings. The Bertz CT molecular complexity index is 500. The van der Waals surface area contributed by atoms with Crippen LogP contribution in [0.25, 0.3) is 0 Å². The lowest BCUT2D eigenvalue weighted by Gasteiger charge is -2.25. The van der Waals surface area contributed by atoms with Crippen molar-refractivity contribution in [3.8, 4) is 11.5 Å². The molecule has 0 spiro atoms. The van der Waals surface area contributed by atoms with Crippen molar-refractivity contribution in [1.29, 1.82) is 0 Å². The van der Waals surface area contributed by atoms with Crippen LogP contribution in [0, 0.1) is 0 Å². The van der Waals surface area contributed by atoms with Crippen LogP contribution in [0.2, 0.25) is 0 Å². The van der Waals surface area contributed by atoms with Gasteiger partial charge in [0.15, 0.2) is 0 Å². The van der Waals surface area contributed by atoms with Crippen LogP contribution in [-0.2, 0) is 4.79 Å². The quantitative estimate of drug-likeness (QED) is 0.646. The minimum absolute atomic E-state index is 0.0821. The smallest absolute Gasteiger partial charge is 0.329 e. The minimum atomic E-state index is -1.39. The molecule has 1 unspecified atom stereocenters. The molecule has 19 heavy (non-hydrogen) atoms. The molecule has 0 radical (unpaired) electrons. The second-order valence-corrected chi connectivity index (χ2v) is 4.54. The zero-order valence-corrected chi connectivity index (χ0v) is 10.8. The molecule has 0 heterocycles. The van der Waals surface area contributed by atoms with Crippen molar-refractivity contribution in [2.24, 2.45) is 0 Å². The lowest BCUT2D eigenvalue weighted by atomic mass is 9.95. The molecule has 1 rings (SSSR count). The van der Waals surface area contributed by atoms with Crippen LogP contribution in [0.3, 0.4) is 0 Å². The van der Waals surface area contributed by atoms with Crippen molar-refractivity contribution in [2.45, 2.75) is 32.2 Å². The van der Waals surface area contributed by atoms with E-state index in [1.165, 1.54) is 19.1 Å². The van der Waals surface area contributed by atoms with Gasteiger partial charge in [0, 0.05) is 6.07 Å². The normalized spacial score (nSPS) is 13.6. The summed E-state index contributed by atoms with van der Waals surface area (Å²) in [5, 5.41) is 30.2. The van der Waals surface area contributed by atoms with Crippen molar-refractivity contribution < 1.29 is 24.9 Å². The Hall–Kier alpha value is -2.24. The molecule has 104 valence electrons. The number of hydrogen-bond donors (Lipinski definition) is 4. The monoisotopic (exact) mass is 267 g/mol. The maximum Gasteiger partial charge on any atom is 0.329 e. The predicted octanol–water partition coefficient (Wildman–Crippen LogP) is 1.47. The summed E-state index contributed by atoms with van der Waals surface area (Å²) < 4.78 is 0. The number of nitrogens with one attached hydrogen (secondary N) is 1. The highest BCUT2D eigenvalue weighted by molar-refractivity contribution is 5.99. The van der Waals surface area contributed by atoms with Gasteiger partial charge in [-0.2, -0.15) is 0 Å². The number of aliphatic carboxylic acids is 1. The van der Waals surface area contributed by atoms with E-state index in [0.717, 1.165) is 6.07 Å². The van der Waals surface area contributed by atoms with Crippen LogP contribution in [0.5, 0.6) is 11.5 Å². The van der Waals surface area contributed by atoms with Crippen LogP contribution >= 0.6 is 0 Å². The second-order valence-electron chi connectivity index (χ2n) is 4.54. The van der Waals surface area contributed by atoms with Gasteiger partial charge in [0.25, 0.3) is 5.91 Å². The highest BCUT2D eigenvalue weighted by Crippen LogP contribution is 2.23. The molecule has 1 aromatic carbocycles. The van der Waals surface area contributed by atoms with E-state index < -0.39 is 23.2 Å². The van der Waals surface area contributed by atoms with Crippen molar-refractivity contribution >= 4 is 11.9 Å². The summed E-state index contributed by atoms with van der Waals surface area (Å²) in [6.45, 7) is 3.22. The maximum atomic E-state index is 12.0. The topological polar surface area (TPSA) is 107 Å². The Labute approximate surface area is 110 Å². The Kier molecular flexibility index (Phi) is 4.37. The standard InChI is InChI=1S/C13H17NO5/c1-3-6-13(2,12(18)19)14-11(17)9-5-4-8(15)7-10(9)16/h4-5,7,15-16H,3,6H2,1-2H3,(H,14,17)(H,18,19). The van der Waals surface area contributed by atoms with Gasteiger partial charge in [-0.25, -0.2) is 4.79 Å². The van der Waals surface area contributed by atoms with Crippen molar-refractivity contribution in [3.63, 3.8) is 0 Å². The van der Waals surface area contributed by atoms with E-state index in [1.807, 2.05) is 6.92 Å². The first kappa shape index (κ1) is 14.8. The van der Waals surface area contributed by atoms with Crippen LogP contribution in [-0.4, -0.2) is 32.7 Å². The summed E-state index contributed by atoms with van der Waals surface area (Å²) in [6, 6.07) is 3.49. The first-order valence-corrected chi connectivity index (χ1v) is 5.88. The number of carbonyl (C=O) groups is 2. The van der Waals surface area contributed by atoms with Crippen LogP contribution in [0.15, 0.2) is 18.2 Å². The number of carboxylic acids is 1. The predicted molar refractivity (Wildman–Crippen MR) is 68.2 cm³/mol. The minimum Gasteiger partial charge on any atom is -0.508 e. The Morgan fingerprint density at radius 3 is 2.42 bits per heavy atom. The third-order valence-electron chi connectivity index (χ3n) is 2.84. The van der Waals surface area contributed by atoms with Crippen LogP contribution in [0.4, 0.5) is 0 Å². The summed E-state index contributed by atoms with van der Waals surface area (Å²) in [5.74, 6) is -2.41. The van der Waals surface area contributed by atoms with Crippen LogP contribution in [0.1, 0.15) is 37.0 Å². The van der Waals surface area contributed by atoms with Gasteiger partial charge in [0.1, 0.15) is 17.0 Å². The molecule has 0 aliphatic heterocycles. The van der Waals surface area contributed by atoms with E-state index in [0.29, 0.717) is 6.42 Å². The molecule has 0 bridgehead atoms. The fourth-order valence-corrected chi connectivity index (χ4v) is 1.75. The molecule has 0 saturated carbocycles. The van der Waals surface area contributed by atoms with Crippen molar-refractivity contribution in [1.82, 2.24) is 5.32 Å². The number of aromatic hydroxyl groups is 2. The highest BCUT2D eigenvalue weighted by atomic mass is 16.4. The number of carboxylic acid groups (broad SMARTS) is 1. The molecule has 6 heteroatoms. The van der Waals surface area contributed by atoms with Gasteiger partial charge in [-0.05, 0) is 25.5 Å². The molecule has 1 amide bonds. The number of benzene rings is 1. The van der Waals surface area contributed by atoms with E-state index in [9.17, 15) is 14.7 Å². The number of rotatable bonds is 5. The fraction of sp³-hybridized carbons (Fsp3) is 0.385. The average molecular weight is 267 g/mol. The largest absolute Gasteiger partial charge is 0.508 e. The SMILES string of the molecule is CCCC(C)(NC(=O)c1ccc(O)cc1O)C(=O)O. The van der Waals surface area contributed by atoms with E-state index in [1.54, 1.807) is 0 Å². The summed E-state index contributed by atoms with van der Waals surface area (Å²) in [5.41, 5.74) is -1.47. The Balaban J connectivity index is 2.97. The van der Waals surface area contributed by atoms with E-state index in [4.69, 9.17) is 10.2 Å². The summed E-state index contributed by atoms with van der Waals surface area (Å²) >= 11 is 0. The Morgan fingerprint density at radius 2 is 1.95 bits per heavy atom. The lowest BCUT2D eigenvalue weighted by molar-refractivity contribution is -0.144. The molecule has 0 saturated heterocycles. The van der Waals surface area contributed by atoms with Crippen LogP contribution < -0.4 is 5.32 Å². The van der Waals surface area contributed by atoms with Gasteiger partial charge in [0.05, 0.1) is 5.56 Å². The molecule has 0 aliphatic rings. The Morgan fingerprint density at radius 1 is 1.32 bits per heavy atom. The summed E-state index contributed by atoms with van der Waals surface area (Å²) in [7, 11) is 0. The molecular weight excluding hydrogens is 250 g/mol. The third kappa shape index (κ3) is 3.37. The number of phenolic OH excluding ortho intramolecular Hbond substituents is 2. The lowest BCUT2D eigenvalue weighted by Crippen LogP contribution is -2.52. The first-order chi connectivity index (χ1) is 8.80. The molecule has 6 nitrogen and oxygen atoms in total. The molecular formula is C13H17NO5. The van der Waals surface area contributed by atoms with Crippen molar-refractivity contribution in [3.05, 3.63) is 23.8 Å². The molecule has 0 aromatic heterocycles. The third-order valence-corrected chi connectivity index (χ3v) is 2.84. The number of phenols is 2. The average Bonchev–Trinajstić information content (AvgIpc) is 2.28. The van der Waals surface area contributed by atoms with Gasteiger partial charge < -0.3 is 20.6 Å². The van der Waals surface area contributed by atoms with Gasteiger partial charge in [-0.1, -0.05) is 13.3 Å². The zero-order valence-electron chi connectivity index (χ0n) is 10.8. The van der Waals surface area contributed by atoms with E-state index >= 15 is 0 Å². The number of hydrogen-bond acceptors (Lipinski definition) is 4. The fourth-order valence-electron chi connectivity index (χ4n) is 1.75. The number of amides is 1. The molecule has 4 N–H and O–H groups in total. The second kappa shape index (κ2) is 5.60. The summed E-state index contributed by atoms with van der Waals surface area (Å²) in [4.78, 5) is 23.2. The van der Waals surface area contributed by atoms with E-state index in [-0.39, 0.29) is 17.7 Å². The molecule has 0 fully saturated rings. The van der Waals surface area contributed by atoms with Gasteiger partial charge in [0.2, 0.25) is 0 Å². The highest BCUT2D eigenvalue weighted by Gasteiger charge is 2.34.